The molecule has 0 saturated heterocycles. The van der Waals surface area contributed by atoms with Gasteiger partial charge in [0.2, 0.25) is 0 Å². The summed E-state index contributed by atoms with van der Waals surface area (Å²) in [5, 5.41) is 0. The third-order valence-corrected chi connectivity index (χ3v) is 6.73. The Hall–Kier alpha value is -1.81. The molecule has 4 heteroatoms. The number of aryl methyl sites for hydroxylation is 2. The molecule has 0 aliphatic carbocycles. The molecule has 1 heterocycles. The Morgan fingerprint density at radius 3 is 2.23 bits per heavy atom. The van der Waals surface area contributed by atoms with E-state index in [9.17, 15) is 8.42 Å². The van der Waals surface area contributed by atoms with Gasteiger partial charge in [-0.05, 0) is 62.8 Å². The van der Waals surface area contributed by atoms with Crippen LogP contribution < -0.4 is 4.74 Å². The van der Waals surface area contributed by atoms with Gasteiger partial charge >= 0.3 is 0 Å². The van der Waals surface area contributed by atoms with Gasteiger partial charge in [0.15, 0.2) is 9.84 Å². The number of rotatable bonds is 3. The minimum atomic E-state index is -3.42. The summed E-state index contributed by atoms with van der Waals surface area (Å²) < 4.78 is 32.2. The van der Waals surface area contributed by atoms with Crippen LogP contribution in [0.3, 0.4) is 0 Å². The first-order chi connectivity index (χ1) is 11.9. The summed E-state index contributed by atoms with van der Waals surface area (Å²) in [4.78, 5) is 0.380. The van der Waals surface area contributed by atoms with Crippen molar-refractivity contribution in [3.63, 3.8) is 0 Å². The van der Waals surface area contributed by atoms with E-state index in [2.05, 4.69) is 27.7 Å². The molecule has 26 heavy (non-hydrogen) atoms. The quantitative estimate of drug-likeness (QED) is 0.751. The maximum absolute atomic E-state index is 13.0. The fourth-order valence-corrected chi connectivity index (χ4v) is 5.47. The molecule has 0 fully saturated rings. The van der Waals surface area contributed by atoms with Gasteiger partial charge in [-0.15, -0.1) is 0 Å². The maximum atomic E-state index is 13.0. The van der Waals surface area contributed by atoms with Gasteiger partial charge in [-0.2, -0.15) is 0 Å². The molecule has 3 nitrogen and oxygen atoms in total. The van der Waals surface area contributed by atoms with E-state index in [1.807, 2.05) is 44.2 Å². The molecule has 0 aromatic heterocycles. The van der Waals surface area contributed by atoms with Crippen LogP contribution in [0.4, 0.5) is 0 Å². The number of benzene rings is 2. The largest absolute Gasteiger partial charge is 0.487 e. The van der Waals surface area contributed by atoms with Crippen molar-refractivity contribution in [3.8, 4) is 5.75 Å². The average molecular weight is 373 g/mol. The van der Waals surface area contributed by atoms with Crippen molar-refractivity contribution in [2.75, 3.05) is 0 Å². The van der Waals surface area contributed by atoms with Crippen LogP contribution in [0.25, 0.3) is 0 Å². The molecule has 0 saturated carbocycles. The predicted octanol–water partition coefficient (Wildman–Crippen LogP) is 5.12. The van der Waals surface area contributed by atoms with Crippen LogP contribution in [0.1, 0.15) is 56.4 Å². The molecule has 0 spiro atoms. The first-order valence-electron chi connectivity index (χ1n) is 9.02. The van der Waals surface area contributed by atoms with Gasteiger partial charge in [-0.3, -0.25) is 0 Å². The first kappa shape index (κ1) is 19.0. The van der Waals surface area contributed by atoms with Gasteiger partial charge < -0.3 is 4.74 Å². The standard InChI is InChI=1S/C22H28O3S/c1-15-7-9-17(10-8-15)13-26(23,24)18-11-16(2)20-19(12-18)21(3,4)14-22(5,6)25-20/h7-12H,13-14H2,1-6H3. The molecular formula is C22H28O3S. The van der Waals surface area contributed by atoms with E-state index in [0.29, 0.717) is 4.90 Å². The van der Waals surface area contributed by atoms with Gasteiger partial charge in [0.1, 0.15) is 11.4 Å². The second kappa shape index (κ2) is 6.12. The highest BCUT2D eigenvalue weighted by Crippen LogP contribution is 2.47. The van der Waals surface area contributed by atoms with Crippen molar-refractivity contribution < 1.29 is 13.2 Å². The van der Waals surface area contributed by atoms with Crippen LogP contribution in [-0.2, 0) is 21.0 Å². The molecule has 2 aromatic rings. The number of ether oxygens (including phenoxy) is 1. The zero-order valence-electron chi connectivity index (χ0n) is 16.5. The van der Waals surface area contributed by atoms with Gasteiger partial charge in [0.05, 0.1) is 10.6 Å². The molecule has 0 unspecified atom stereocenters. The molecule has 1 aliphatic rings. The highest BCUT2D eigenvalue weighted by molar-refractivity contribution is 7.90. The van der Waals surface area contributed by atoms with Crippen molar-refractivity contribution >= 4 is 9.84 Å². The summed E-state index contributed by atoms with van der Waals surface area (Å²) in [5.41, 5.74) is 3.39. The highest BCUT2D eigenvalue weighted by Gasteiger charge is 2.40. The lowest BCUT2D eigenvalue weighted by Crippen LogP contribution is -2.41. The first-order valence-corrected chi connectivity index (χ1v) is 10.7. The Balaban J connectivity index is 2.04. The Labute approximate surface area is 157 Å². The lowest BCUT2D eigenvalue weighted by Gasteiger charge is -2.43. The van der Waals surface area contributed by atoms with Crippen LogP contribution in [0.15, 0.2) is 41.3 Å². The third-order valence-electron chi connectivity index (χ3n) is 5.06. The van der Waals surface area contributed by atoms with E-state index in [1.165, 1.54) is 0 Å². The summed E-state index contributed by atoms with van der Waals surface area (Å²) in [6, 6.07) is 11.2. The smallest absolute Gasteiger partial charge is 0.182 e. The van der Waals surface area contributed by atoms with Crippen LogP contribution in [0.5, 0.6) is 5.75 Å². The summed E-state index contributed by atoms with van der Waals surface area (Å²) >= 11 is 0. The molecule has 140 valence electrons. The van der Waals surface area contributed by atoms with Crippen molar-refractivity contribution in [1.29, 1.82) is 0 Å². The fraction of sp³-hybridized carbons (Fsp3) is 0.455. The van der Waals surface area contributed by atoms with Gasteiger partial charge in [0.25, 0.3) is 0 Å². The Morgan fingerprint density at radius 2 is 1.62 bits per heavy atom. The normalized spacial score (nSPS) is 18.1. The van der Waals surface area contributed by atoms with E-state index in [4.69, 9.17) is 4.74 Å². The maximum Gasteiger partial charge on any atom is 0.182 e. The van der Waals surface area contributed by atoms with E-state index in [-0.39, 0.29) is 16.8 Å². The fourth-order valence-electron chi connectivity index (χ4n) is 4.02. The van der Waals surface area contributed by atoms with E-state index in [1.54, 1.807) is 6.07 Å². The summed E-state index contributed by atoms with van der Waals surface area (Å²) in [7, 11) is -3.42. The molecule has 1 aliphatic heterocycles. The van der Waals surface area contributed by atoms with Crippen LogP contribution >= 0.6 is 0 Å². The lowest BCUT2D eigenvalue weighted by atomic mass is 9.73. The second-order valence-corrected chi connectivity index (χ2v) is 10.8. The van der Waals surface area contributed by atoms with Crippen LogP contribution in [-0.4, -0.2) is 14.0 Å². The molecule has 0 bridgehead atoms. The Morgan fingerprint density at radius 1 is 1.00 bits per heavy atom. The monoisotopic (exact) mass is 372 g/mol. The Bertz CT molecular complexity index is 936. The predicted molar refractivity (Wildman–Crippen MR) is 106 cm³/mol. The average Bonchev–Trinajstić information content (AvgIpc) is 2.48. The minimum Gasteiger partial charge on any atom is -0.487 e. The van der Waals surface area contributed by atoms with Crippen molar-refractivity contribution in [3.05, 3.63) is 58.7 Å². The molecule has 3 rings (SSSR count). The summed E-state index contributed by atoms with van der Waals surface area (Å²) in [6.07, 6.45) is 0.841. The topological polar surface area (TPSA) is 43.4 Å². The van der Waals surface area contributed by atoms with Crippen molar-refractivity contribution in [1.82, 2.24) is 0 Å². The van der Waals surface area contributed by atoms with Crippen molar-refractivity contribution in [2.24, 2.45) is 0 Å². The number of fused-ring (bicyclic) bond motifs is 1. The van der Waals surface area contributed by atoms with Crippen LogP contribution in [0, 0.1) is 13.8 Å². The molecule has 2 aromatic carbocycles. The molecule has 0 radical (unpaired) electrons. The molecule has 0 N–H and O–H groups in total. The number of hydrogen-bond acceptors (Lipinski definition) is 3. The Kier molecular flexibility index (Phi) is 4.47. The van der Waals surface area contributed by atoms with Gasteiger partial charge in [-0.25, -0.2) is 8.42 Å². The van der Waals surface area contributed by atoms with Crippen LogP contribution in [0.2, 0.25) is 0 Å². The summed E-state index contributed by atoms with van der Waals surface area (Å²) in [5.74, 6) is 0.846. The summed E-state index contributed by atoms with van der Waals surface area (Å²) in [6.45, 7) is 12.4. The minimum absolute atomic E-state index is 0.0122. The number of hydrogen-bond donors (Lipinski definition) is 0. The number of sulfone groups is 1. The molecular weight excluding hydrogens is 344 g/mol. The van der Waals surface area contributed by atoms with E-state index in [0.717, 1.165) is 34.4 Å². The van der Waals surface area contributed by atoms with Crippen molar-refractivity contribution in [2.45, 2.75) is 69.6 Å². The second-order valence-electron chi connectivity index (χ2n) is 8.78. The lowest BCUT2D eigenvalue weighted by molar-refractivity contribution is 0.0523. The zero-order valence-corrected chi connectivity index (χ0v) is 17.3. The van der Waals surface area contributed by atoms with Gasteiger partial charge in [-0.1, -0.05) is 43.7 Å². The third kappa shape index (κ3) is 3.66. The highest BCUT2D eigenvalue weighted by atomic mass is 32.2. The van der Waals surface area contributed by atoms with E-state index < -0.39 is 9.84 Å². The zero-order chi connectivity index (χ0) is 19.3. The van der Waals surface area contributed by atoms with Gasteiger partial charge in [0, 0.05) is 5.56 Å². The molecule has 0 amide bonds. The molecule has 0 atom stereocenters. The van der Waals surface area contributed by atoms with E-state index >= 15 is 0 Å². The SMILES string of the molecule is Cc1ccc(CS(=O)(=O)c2cc(C)c3c(c2)C(C)(C)CC(C)(C)O3)cc1.